The lowest BCUT2D eigenvalue weighted by atomic mass is 10.2. The molecular weight excluding hydrogens is 336 g/mol. The lowest BCUT2D eigenvalue weighted by Gasteiger charge is -2.02. The van der Waals surface area contributed by atoms with Crippen LogP contribution in [0.25, 0.3) is 10.8 Å². The Balaban J connectivity index is 2.96. The molecule has 0 fully saturated rings. The number of hydrogen-bond donors (Lipinski definition) is 1. The number of rotatable bonds is 0. The highest BCUT2D eigenvalue weighted by molar-refractivity contribution is 14.1. The zero-order valence-corrected chi connectivity index (χ0v) is 10.4. The van der Waals surface area contributed by atoms with E-state index in [-0.39, 0.29) is 5.56 Å². The van der Waals surface area contributed by atoms with Crippen LogP contribution in [0.5, 0.6) is 0 Å². The summed E-state index contributed by atoms with van der Waals surface area (Å²) in [4.78, 5) is 13.9. The summed E-state index contributed by atoms with van der Waals surface area (Å²) in [6.45, 7) is 0. The predicted molar refractivity (Wildman–Crippen MR) is 67.3 cm³/mol. The fraction of sp³-hybridized carbons (Fsp3) is 0. The number of hydrogen-bond acceptors (Lipinski definition) is 1. The van der Waals surface area contributed by atoms with Crippen molar-refractivity contribution < 1.29 is 0 Å². The minimum absolute atomic E-state index is 0.139. The number of halogens is 3. The van der Waals surface area contributed by atoms with Crippen LogP contribution in [0.3, 0.4) is 0 Å². The van der Waals surface area contributed by atoms with Crippen LogP contribution in [0, 0.1) is 3.70 Å². The minimum Gasteiger partial charge on any atom is -0.317 e. The van der Waals surface area contributed by atoms with Crippen molar-refractivity contribution in [3.05, 3.63) is 42.3 Å². The largest absolute Gasteiger partial charge is 0.317 e. The van der Waals surface area contributed by atoms with Crippen molar-refractivity contribution >= 4 is 56.6 Å². The quantitative estimate of drug-likeness (QED) is 0.579. The Morgan fingerprint density at radius 3 is 2.50 bits per heavy atom. The Kier molecular flexibility index (Phi) is 2.72. The topological polar surface area (TPSA) is 32.9 Å². The second-order valence-corrected chi connectivity index (χ2v) is 4.69. The van der Waals surface area contributed by atoms with Gasteiger partial charge in [-0.25, -0.2) is 0 Å². The van der Waals surface area contributed by atoms with Gasteiger partial charge in [0.05, 0.1) is 13.7 Å². The Bertz CT molecular complexity index is 564. The van der Waals surface area contributed by atoms with Crippen molar-refractivity contribution in [1.82, 2.24) is 4.98 Å². The van der Waals surface area contributed by atoms with Crippen LogP contribution >= 0.6 is 45.8 Å². The summed E-state index contributed by atoms with van der Waals surface area (Å²) in [7, 11) is 0. The molecule has 0 unspecified atom stereocenters. The minimum atomic E-state index is -0.139. The van der Waals surface area contributed by atoms with E-state index in [0.717, 1.165) is 14.5 Å². The van der Waals surface area contributed by atoms with E-state index in [0.29, 0.717) is 10.0 Å². The molecule has 14 heavy (non-hydrogen) atoms. The first-order valence-electron chi connectivity index (χ1n) is 3.75. The van der Waals surface area contributed by atoms with Crippen molar-refractivity contribution in [2.45, 2.75) is 0 Å². The standard InChI is InChI=1S/C9H4Cl2INO/c10-6-1-4-2-8(14)13-9(12)5(4)3-7(6)11/h1-3H,(H,13,14). The molecule has 0 amide bonds. The van der Waals surface area contributed by atoms with Crippen LogP contribution < -0.4 is 5.56 Å². The molecule has 0 aliphatic heterocycles. The van der Waals surface area contributed by atoms with Crippen LogP contribution in [-0.4, -0.2) is 4.98 Å². The monoisotopic (exact) mass is 339 g/mol. The molecule has 72 valence electrons. The van der Waals surface area contributed by atoms with Gasteiger partial charge in [-0.15, -0.1) is 0 Å². The van der Waals surface area contributed by atoms with Gasteiger partial charge in [-0.3, -0.25) is 4.79 Å². The van der Waals surface area contributed by atoms with Crippen LogP contribution in [-0.2, 0) is 0 Å². The summed E-state index contributed by atoms with van der Waals surface area (Å²) in [5.74, 6) is 0. The first kappa shape index (κ1) is 10.3. The SMILES string of the molecule is O=c1cc2cc(Cl)c(Cl)cc2c(I)[nH]1. The fourth-order valence-corrected chi connectivity index (χ4v) is 2.29. The Labute approximate surface area is 103 Å². The van der Waals surface area contributed by atoms with Gasteiger partial charge in [-0.05, 0) is 40.1 Å². The number of pyridine rings is 1. The van der Waals surface area contributed by atoms with Crippen molar-refractivity contribution in [1.29, 1.82) is 0 Å². The van der Waals surface area contributed by atoms with Crippen LogP contribution in [0.4, 0.5) is 0 Å². The Hall–Kier alpha value is -0.260. The summed E-state index contributed by atoms with van der Waals surface area (Å²) in [6, 6.07) is 4.94. The Morgan fingerprint density at radius 2 is 1.79 bits per heavy atom. The second-order valence-electron chi connectivity index (χ2n) is 2.80. The number of H-pyrrole nitrogens is 1. The molecule has 1 N–H and O–H groups in total. The highest BCUT2D eigenvalue weighted by Gasteiger charge is 2.04. The molecule has 2 rings (SSSR count). The van der Waals surface area contributed by atoms with Gasteiger partial charge in [0, 0.05) is 11.5 Å². The molecule has 0 atom stereocenters. The molecule has 5 heteroatoms. The molecule has 0 saturated carbocycles. The number of benzene rings is 1. The lowest BCUT2D eigenvalue weighted by molar-refractivity contribution is 1.22. The van der Waals surface area contributed by atoms with Crippen molar-refractivity contribution in [3.8, 4) is 0 Å². The van der Waals surface area contributed by atoms with Gasteiger partial charge in [-0.2, -0.15) is 0 Å². The third-order valence-corrected chi connectivity index (χ3v) is 3.42. The first-order valence-corrected chi connectivity index (χ1v) is 5.59. The molecule has 0 aliphatic rings. The maximum atomic E-state index is 11.2. The van der Waals surface area contributed by atoms with Gasteiger partial charge < -0.3 is 4.98 Å². The van der Waals surface area contributed by atoms with E-state index in [2.05, 4.69) is 27.6 Å². The summed E-state index contributed by atoms with van der Waals surface area (Å²) in [6.07, 6.45) is 0. The number of fused-ring (bicyclic) bond motifs is 1. The lowest BCUT2D eigenvalue weighted by Crippen LogP contribution is -2.05. The zero-order chi connectivity index (χ0) is 10.3. The van der Waals surface area contributed by atoms with Gasteiger partial charge in [0.1, 0.15) is 0 Å². The van der Waals surface area contributed by atoms with E-state index in [4.69, 9.17) is 23.2 Å². The molecule has 2 aromatic rings. The summed E-state index contributed by atoms with van der Waals surface area (Å²) >= 11 is 13.8. The number of nitrogens with one attached hydrogen (secondary N) is 1. The van der Waals surface area contributed by atoms with E-state index in [1.165, 1.54) is 6.07 Å². The molecule has 0 saturated heterocycles. The highest BCUT2D eigenvalue weighted by atomic mass is 127. The van der Waals surface area contributed by atoms with Crippen LogP contribution in [0.1, 0.15) is 0 Å². The third-order valence-electron chi connectivity index (χ3n) is 1.85. The molecule has 1 aromatic carbocycles. The van der Waals surface area contributed by atoms with Crippen molar-refractivity contribution in [2.75, 3.05) is 0 Å². The molecule has 0 spiro atoms. The molecule has 0 aliphatic carbocycles. The van der Waals surface area contributed by atoms with Gasteiger partial charge >= 0.3 is 0 Å². The van der Waals surface area contributed by atoms with E-state index in [1.54, 1.807) is 12.1 Å². The van der Waals surface area contributed by atoms with Crippen molar-refractivity contribution in [2.24, 2.45) is 0 Å². The normalized spacial score (nSPS) is 10.8. The van der Waals surface area contributed by atoms with E-state index >= 15 is 0 Å². The average molecular weight is 340 g/mol. The van der Waals surface area contributed by atoms with Crippen molar-refractivity contribution in [3.63, 3.8) is 0 Å². The van der Waals surface area contributed by atoms with E-state index in [9.17, 15) is 4.79 Å². The van der Waals surface area contributed by atoms with E-state index in [1.807, 2.05) is 0 Å². The molecule has 1 heterocycles. The first-order chi connectivity index (χ1) is 6.58. The second kappa shape index (κ2) is 3.72. The summed E-state index contributed by atoms with van der Waals surface area (Å²) in [5.41, 5.74) is -0.139. The molecule has 1 aromatic heterocycles. The molecule has 0 bridgehead atoms. The molecular formula is C9H4Cl2INO. The molecule has 0 radical (unpaired) electrons. The maximum absolute atomic E-state index is 11.2. The zero-order valence-electron chi connectivity index (χ0n) is 6.77. The van der Waals surface area contributed by atoms with Gasteiger partial charge in [0.15, 0.2) is 0 Å². The number of aromatic amines is 1. The average Bonchev–Trinajstić information content (AvgIpc) is 2.08. The third kappa shape index (κ3) is 1.76. The smallest absolute Gasteiger partial charge is 0.249 e. The van der Waals surface area contributed by atoms with Gasteiger partial charge in [0.2, 0.25) is 5.56 Å². The van der Waals surface area contributed by atoms with Crippen LogP contribution in [0.15, 0.2) is 23.0 Å². The summed E-state index contributed by atoms with van der Waals surface area (Å²) < 4.78 is 0.767. The summed E-state index contributed by atoms with van der Waals surface area (Å²) in [5, 5.41) is 2.65. The fourth-order valence-electron chi connectivity index (χ4n) is 1.22. The number of aromatic nitrogens is 1. The maximum Gasteiger partial charge on any atom is 0.249 e. The molecule has 2 nitrogen and oxygen atoms in total. The Morgan fingerprint density at radius 1 is 1.14 bits per heavy atom. The highest BCUT2D eigenvalue weighted by Crippen LogP contribution is 2.28. The van der Waals surface area contributed by atoms with Crippen LogP contribution in [0.2, 0.25) is 10.0 Å². The van der Waals surface area contributed by atoms with Gasteiger partial charge in [0.25, 0.3) is 0 Å². The van der Waals surface area contributed by atoms with E-state index < -0.39 is 0 Å². The predicted octanol–water partition coefficient (Wildman–Crippen LogP) is 3.44. The van der Waals surface area contributed by atoms with Gasteiger partial charge in [-0.1, -0.05) is 23.2 Å².